The normalized spacial score (nSPS) is 9.83. The maximum Gasteiger partial charge on any atom is 0.221 e. The summed E-state index contributed by atoms with van der Waals surface area (Å²) in [5, 5.41) is 2.79. The molecule has 0 atom stereocenters. The lowest BCUT2D eigenvalue weighted by molar-refractivity contribution is -0.114. The Morgan fingerprint density at radius 3 is 2.33 bits per heavy atom. The molecular weight excluding hydrogens is 226 g/mol. The third kappa shape index (κ3) is 2.63. The third-order valence-corrected chi connectivity index (χ3v) is 2.60. The molecule has 3 nitrogen and oxygen atoms in total. The minimum absolute atomic E-state index is 0.105. The zero-order chi connectivity index (χ0) is 13.0. The van der Waals surface area contributed by atoms with Crippen molar-refractivity contribution in [2.45, 2.75) is 6.92 Å². The fourth-order valence-electron chi connectivity index (χ4n) is 1.77. The maximum atomic E-state index is 11.1. The average molecular weight is 239 g/mol. The number of carbonyl (C=O) groups is 2. The second-order valence-corrected chi connectivity index (χ2v) is 3.97. The van der Waals surface area contributed by atoms with Crippen LogP contribution in [0.5, 0.6) is 0 Å². The highest BCUT2D eigenvalue weighted by Gasteiger charge is 2.05. The molecule has 1 amide bonds. The van der Waals surface area contributed by atoms with Gasteiger partial charge in [0, 0.05) is 23.7 Å². The van der Waals surface area contributed by atoms with Crippen molar-refractivity contribution in [3.8, 4) is 11.1 Å². The molecule has 0 aromatic heterocycles. The molecule has 2 aromatic rings. The van der Waals surface area contributed by atoms with E-state index in [-0.39, 0.29) is 5.91 Å². The summed E-state index contributed by atoms with van der Waals surface area (Å²) in [5.41, 5.74) is 3.30. The number of aldehydes is 1. The van der Waals surface area contributed by atoms with Crippen LogP contribution in [0.3, 0.4) is 0 Å². The molecule has 2 aromatic carbocycles. The minimum atomic E-state index is -0.105. The largest absolute Gasteiger partial charge is 0.326 e. The van der Waals surface area contributed by atoms with Crippen LogP contribution in [0.25, 0.3) is 11.1 Å². The Labute approximate surface area is 105 Å². The first kappa shape index (κ1) is 12.0. The lowest BCUT2D eigenvalue weighted by Crippen LogP contribution is -2.06. The van der Waals surface area contributed by atoms with Crippen LogP contribution in [0.1, 0.15) is 17.3 Å². The second-order valence-electron chi connectivity index (χ2n) is 3.97. The molecule has 0 aliphatic heterocycles. The van der Waals surface area contributed by atoms with Crippen LogP contribution in [0.15, 0.2) is 48.5 Å². The van der Waals surface area contributed by atoms with E-state index in [0.717, 1.165) is 23.1 Å². The standard InChI is InChI=1S/C15H13NO2/c1-11(18)16-15-5-3-2-4-14(15)13-8-6-12(10-17)7-9-13/h2-10H,1H3,(H,16,18). The van der Waals surface area contributed by atoms with E-state index in [0.29, 0.717) is 5.56 Å². The van der Waals surface area contributed by atoms with E-state index >= 15 is 0 Å². The van der Waals surface area contributed by atoms with E-state index in [1.165, 1.54) is 6.92 Å². The molecule has 0 aliphatic rings. The smallest absolute Gasteiger partial charge is 0.221 e. The van der Waals surface area contributed by atoms with E-state index in [2.05, 4.69) is 5.32 Å². The third-order valence-electron chi connectivity index (χ3n) is 2.60. The molecule has 0 heterocycles. The van der Waals surface area contributed by atoms with Crippen LogP contribution in [-0.4, -0.2) is 12.2 Å². The highest BCUT2D eigenvalue weighted by Crippen LogP contribution is 2.27. The molecule has 0 aliphatic carbocycles. The lowest BCUT2D eigenvalue weighted by Gasteiger charge is -2.09. The summed E-state index contributed by atoms with van der Waals surface area (Å²) in [4.78, 5) is 21.7. The van der Waals surface area contributed by atoms with Gasteiger partial charge in [0.2, 0.25) is 5.91 Å². The number of para-hydroxylation sites is 1. The number of hydrogen-bond donors (Lipinski definition) is 1. The molecule has 90 valence electrons. The van der Waals surface area contributed by atoms with E-state index in [9.17, 15) is 9.59 Å². The Bertz CT molecular complexity index is 573. The SMILES string of the molecule is CC(=O)Nc1ccccc1-c1ccc(C=O)cc1. The van der Waals surface area contributed by atoms with Gasteiger partial charge in [-0.3, -0.25) is 9.59 Å². The Morgan fingerprint density at radius 1 is 1.06 bits per heavy atom. The van der Waals surface area contributed by atoms with Crippen molar-refractivity contribution in [1.82, 2.24) is 0 Å². The summed E-state index contributed by atoms with van der Waals surface area (Å²) in [7, 11) is 0. The first-order chi connectivity index (χ1) is 8.70. The molecule has 0 unspecified atom stereocenters. The lowest BCUT2D eigenvalue weighted by atomic mass is 10.0. The highest BCUT2D eigenvalue weighted by atomic mass is 16.1. The van der Waals surface area contributed by atoms with E-state index in [4.69, 9.17) is 0 Å². The number of hydrogen-bond acceptors (Lipinski definition) is 2. The van der Waals surface area contributed by atoms with E-state index in [1.54, 1.807) is 12.1 Å². The van der Waals surface area contributed by atoms with E-state index in [1.807, 2.05) is 36.4 Å². The van der Waals surface area contributed by atoms with Crippen LogP contribution < -0.4 is 5.32 Å². The van der Waals surface area contributed by atoms with Gasteiger partial charge < -0.3 is 5.32 Å². The summed E-state index contributed by atoms with van der Waals surface area (Å²) in [5.74, 6) is -0.105. The Morgan fingerprint density at radius 2 is 1.72 bits per heavy atom. The minimum Gasteiger partial charge on any atom is -0.326 e. The van der Waals surface area contributed by atoms with Crippen LogP contribution >= 0.6 is 0 Å². The zero-order valence-corrected chi connectivity index (χ0v) is 10.0. The Hall–Kier alpha value is -2.42. The van der Waals surface area contributed by atoms with Crippen molar-refractivity contribution >= 4 is 17.9 Å². The topological polar surface area (TPSA) is 46.2 Å². The molecule has 0 bridgehead atoms. The average Bonchev–Trinajstić information content (AvgIpc) is 2.39. The van der Waals surface area contributed by atoms with Gasteiger partial charge in [-0.05, 0) is 11.6 Å². The molecule has 1 N–H and O–H groups in total. The van der Waals surface area contributed by atoms with Crippen LogP contribution in [0, 0.1) is 0 Å². The van der Waals surface area contributed by atoms with Gasteiger partial charge in [0.1, 0.15) is 6.29 Å². The number of benzene rings is 2. The molecule has 0 spiro atoms. The van der Waals surface area contributed by atoms with Gasteiger partial charge in [-0.25, -0.2) is 0 Å². The van der Waals surface area contributed by atoms with Gasteiger partial charge in [0.15, 0.2) is 0 Å². The summed E-state index contributed by atoms with van der Waals surface area (Å²) < 4.78 is 0. The molecule has 18 heavy (non-hydrogen) atoms. The van der Waals surface area contributed by atoms with Crippen LogP contribution in [0.2, 0.25) is 0 Å². The number of nitrogens with one attached hydrogen (secondary N) is 1. The van der Waals surface area contributed by atoms with Crippen molar-refractivity contribution in [2.24, 2.45) is 0 Å². The van der Waals surface area contributed by atoms with Gasteiger partial charge >= 0.3 is 0 Å². The zero-order valence-electron chi connectivity index (χ0n) is 10.0. The summed E-state index contributed by atoms with van der Waals surface area (Å²) >= 11 is 0. The molecule has 2 rings (SSSR count). The maximum absolute atomic E-state index is 11.1. The van der Waals surface area contributed by atoms with Gasteiger partial charge in [0.25, 0.3) is 0 Å². The Balaban J connectivity index is 2.42. The fraction of sp³-hybridized carbons (Fsp3) is 0.0667. The van der Waals surface area contributed by atoms with E-state index < -0.39 is 0 Å². The molecule has 0 saturated heterocycles. The van der Waals surface area contributed by atoms with Gasteiger partial charge in [0.05, 0.1) is 0 Å². The van der Waals surface area contributed by atoms with Gasteiger partial charge in [-0.1, -0.05) is 42.5 Å². The quantitative estimate of drug-likeness (QED) is 0.836. The highest BCUT2D eigenvalue weighted by molar-refractivity contribution is 5.94. The Kier molecular flexibility index (Phi) is 3.53. The predicted octanol–water partition coefficient (Wildman–Crippen LogP) is 3.12. The number of amides is 1. The van der Waals surface area contributed by atoms with Crippen LogP contribution in [-0.2, 0) is 4.79 Å². The number of carbonyl (C=O) groups excluding carboxylic acids is 2. The molecule has 0 radical (unpaired) electrons. The second kappa shape index (κ2) is 5.27. The van der Waals surface area contributed by atoms with Crippen molar-refractivity contribution in [2.75, 3.05) is 5.32 Å². The van der Waals surface area contributed by atoms with Crippen LogP contribution in [0.4, 0.5) is 5.69 Å². The number of rotatable bonds is 3. The first-order valence-corrected chi connectivity index (χ1v) is 5.63. The van der Waals surface area contributed by atoms with Gasteiger partial charge in [-0.15, -0.1) is 0 Å². The van der Waals surface area contributed by atoms with Crippen molar-refractivity contribution in [3.05, 3.63) is 54.1 Å². The summed E-state index contributed by atoms with van der Waals surface area (Å²) in [6.07, 6.45) is 0.809. The van der Waals surface area contributed by atoms with Crippen molar-refractivity contribution in [3.63, 3.8) is 0 Å². The molecule has 3 heteroatoms. The fourth-order valence-corrected chi connectivity index (χ4v) is 1.77. The monoisotopic (exact) mass is 239 g/mol. The van der Waals surface area contributed by atoms with Crippen molar-refractivity contribution < 1.29 is 9.59 Å². The van der Waals surface area contributed by atoms with Crippen molar-refractivity contribution in [1.29, 1.82) is 0 Å². The molecular formula is C15H13NO2. The predicted molar refractivity (Wildman–Crippen MR) is 71.6 cm³/mol. The van der Waals surface area contributed by atoms with Gasteiger partial charge in [-0.2, -0.15) is 0 Å². The molecule has 0 fully saturated rings. The summed E-state index contributed by atoms with van der Waals surface area (Å²) in [6, 6.07) is 14.8. The first-order valence-electron chi connectivity index (χ1n) is 5.63. The summed E-state index contributed by atoms with van der Waals surface area (Å²) in [6.45, 7) is 1.48. The number of anilines is 1. The molecule has 0 saturated carbocycles.